The van der Waals surface area contributed by atoms with Crippen molar-refractivity contribution < 1.29 is 24.7 Å². The molecule has 0 bridgehead atoms. The highest BCUT2D eigenvalue weighted by atomic mass is 35.5. The van der Waals surface area contributed by atoms with E-state index in [9.17, 15) is 24.7 Å². The van der Waals surface area contributed by atoms with Gasteiger partial charge in [0.25, 0.3) is 11.8 Å². The van der Waals surface area contributed by atoms with Crippen molar-refractivity contribution in [1.82, 2.24) is 20.2 Å². The fourth-order valence-corrected chi connectivity index (χ4v) is 6.01. The number of thioether (sulfide) groups is 1. The Kier molecular flexibility index (Phi) is 5.88. The van der Waals surface area contributed by atoms with E-state index in [1.165, 1.54) is 28.0 Å². The van der Waals surface area contributed by atoms with E-state index in [-0.39, 0.29) is 20.9 Å². The van der Waals surface area contributed by atoms with Crippen LogP contribution in [-0.4, -0.2) is 60.8 Å². The lowest BCUT2D eigenvalue weighted by molar-refractivity contribution is -0.155. The highest BCUT2D eigenvalue weighted by Crippen LogP contribution is 2.43. The Morgan fingerprint density at radius 1 is 1.45 bits per heavy atom. The molecule has 0 aromatic carbocycles. The number of nitrogen functional groups attached to an aromatic ring is 1. The molecule has 1 saturated heterocycles. The lowest BCUT2D eigenvalue weighted by Crippen LogP contribution is -2.72. The van der Waals surface area contributed by atoms with Crippen LogP contribution in [0.4, 0.5) is 5.13 Å². The molecule has 5 N–H and O–H groups in total. The van der Waals surface area contributed by atoms with Crippen LogP contribution in [-0.2, 0) is 14.4 Å². The molecule has 15 heteroatoms. The molecule has 1 fully saturated rings. The maximum Gasteiger partial charge on any atom is 0.353 e. The number of hydrogen-bond acceptors (Lipinski definition) is 11. The van der Waals surface area contributed by atoms with Gasteiger partial charge in [-0.15, -0.1) is 11.3 Å². The van der Waals surface area contributed by atoms with Gasteiger partial charge in [-0.05, 0) is 12.8 Å². The molecule has 4 heterocycles. The van der Waals surface area contributed by atoms with E-state index in [0.717, 1.165) is 11.3 Å². The minimum absolute atomic E-state index is 0.0551. The van der Waals surface area contributed by atoms with Gasteiger partial charge in [0.1, 0.15) is 26.8 Å². The summed E-state index contributed by atoms with van der Waals surface area (Å²) in [5, 5.41) is 26.9. The molecule has 162 valence electrons. The normalized spacial score (nSPS) is 21.0. The molecule has 0 saturated carbocycles. The average molecular weight is 501 g/mol. The first-order valence-electron chi connectivity index (χ1n) is 8.62. The van der Waals surface area contributed by atoms with Gasteiger partial charge < -0.3 is 21.4 Å². The molecule has 0 unspecified atom stereocenters. The number of nitrogens with two attached hydrogens (primary N) is 1. The topological polar surface area (TPSA) is 171 Å². The van der Waals surface area contributed by atoms with Gasteiger partial charge in [-0.25, -0.2) is 14.8 Å². The molecule has 2 atom stereocenters. The minimum Gasteiger partial charge on any atom is -0.477 e. The number of fused-ring (bicyclic) bond motifs is 1. The number of nitrogens with one attached hydrogen (secondary N) is 1. The number of aromatic nitrogens is 2. The number of allylic oxidation sites excluding steroid dienone is 1. The van der Waals surface area contributed by atoms with Crippen molar-refractivity contribution >= 4 is 74.7 Å². The van der Waals surface area contributed by atoms with Gasteiger partial charge in [0.2, 0.25) is 0 Å². The summed E-state index contributed by atoms with van der Waals surface area (Å²) in [6, 6.07) is -1.52. The zero-order valence-corrected chi connectivity index (χ0v) is 18.5. The second-order valence-electron chi connectivity index (χ2n) is 6.39. The van der Waals surface area contributed by atoms with Crippen LogP contribution in [0.25, 0.3) is 0 Å². The first-order chi connectivity index (χ1) is 14.8. The first kappa shape index (κ1) is 21.5. The lowest BCUT2D eigenvalue weighted by Gasteiger charge is -2.50. The van der Waals surface area contributed by atoms with E-state index in [1.54, 1.807) is 10.9 Å². The van der Waals surface area contributed by atoms with E-state index < -0.39 is 35.6 Å². The largest absolute Gasteiger partial charge is 0.477 e. The molecule has 2 aliphatic rings. The molecule has 2 aromatic rings. The number of carboxylic acid groups (broad SMARTS) is 1. The third-order valence-electron chi connectivity index (χ3n) is 4.66. The second-order valence-corrected chi connectivity index (χ2v) is 9.86. The average Bonchev–Trinajstić information content (AvgIpc) is 3.35. The number of carboxylic acids is 1. The summed E-state index contributed by atoms with van der Waals surface area (Å²) in [4.78, 5) is 46.9. The predicted octanol–water partition coefficient (Wildman–Crippen LogP) is 1.59. The van der Waals surface area contributed by atoms with Crippen LogP contribution in [0.5, 0.6) is 0 Å². The Hall–Kier alpha value is -2.68. The van der Waals surface area contributed by atoms with Gasteiger partial charge in [-0.2, -0.15) is 0 Å². The first-order valence-corrected chi connectivity index (χ1v) is 11.6. The van der Waals surface area contributed by atoms with Gasteiger partial charge in [-0.1, -0.05) is 39.9 Å². The molecule has 2 aliphatic heterocycles. The highest BCUT2D eigenvalue weighted by Gasteiger charge is 2.54. The lowest BCUT2D eigenvalue weighted by atomic mass is 9.86. The number of anilines is 1. The molecule has 2 aromatic heterocycles. The number of β-lactam (4-membered cyclic amide) rings is 1. The number of amides is 2. The summed E-state index contributed by atoms with van der Waals surface area (Å²) >= 11 is 9.45. The van der Waals surface area contributed by atoms with Crippen molar-refractivity contribution in [2.45, 2.75) is 30.0 Å². The number of aliphatic carboxylic acids is 1. The molecule has 31 heavy (non-hydrogen) atoms. The Morgan fingerprint density at radius 2 is 2.23 bits per heavy atom. The molecule has 0 radical (unpaired) electrons. The number of rotatable bonds is 6. The van der Waals surface area contributed by atoms with Crippen LogP contribution >= 0.6 is 46.0 Å². The Morgan fingerprint density at radius 3 is 2.81 bits per heavy atom. The van der Waals surface area contributed by atoms with Crippen LogP contribution in [0.1, 0.15) is 18.5 Å². The zero-order chi connectivity index (χ0) is 22.3. The summed E-state index contributed by atoms with van der Waals surface area (Å²) < 4.78 is 0.0551. The minimum atomic E-state index is -1.23. The third-order valence-corrected chi connectivity index (χ3v) is 7.56. The van der Waals surface area contributed by atoms with E-state index in [2.05, 4.69) is 20.4 Å². The second kappa shape index (κ2) is 8.45. The Bertz CT molecular complexity index is 1130. The number of thiazole rings is 2. The van der Waals surface area contributed by atoms with Crippen molar-refractivity contribution in [2.75, 3.05) is 5.73 Å². The number of carbonyl (C=O) groups excluding carboxylic acids is 2. The van der Waals surface area contributed by atoms with Crippen molar-refractivity contribution in [2.24, 2.45) is 5.16 Å². The molecule has 2 amide bonds. The molecule has 0 aliphatic carbocycles. The molecular formula is C16H13ClN6O5S3. The summed E-state index contributed by atoms with van der Waals surface area (Å²) in [5.41, 5.74) is 6.48. The summed E-state index contributed by atoms with van der Waals surface area (Å²) in [5.74, 6) is -2.69. The van der Waals surface area contributed by atoms with Gasteiger partial charge in [0.15, 0.2) is 10.8 Å². The zero-order valence-electron chi connectivity index (χ0n) is 15.3. The Balaban J connectivity index is 1.53. The number of hydrogen-bond donors (Lipinski definition) is 4. The van der Waals surface area contributed by atoms with Crippen LogP contribution in [0.15, 0.2) is 31.7 Å². The Labute approximate surface area is 191 Å². The fraction of sp³-hybridized carbons (Fsp3) is 0.250. The van der Waals surface area contributed by atoms with E-state index in [0.29, 0.717) is 22.8 Å². The third kappa shape index (κ3) is 3.86. The van der Waals surface area contributed by atoms with Gasteiger partial charge in [-0.3, -0.25) is 14.5 Å². The SMILES string of the molecule is Nc1nc(C(=NO)C(=O)N[C@@H]2C(=O)N3C(C(=O)O)=C(Sc4cscn4)CC[C@H]23)c(Cl)s1. The monoisotopic (exact) mass is 500 g/mol. The van der Waals surface area contributed by atoms with Crippen molar-refractivity contribution in [1.29, 1.82) is 0 Å². The maximum absolute atomic E-state index is 12.7. The van der Waals surface area contributed by atoms with Crippen LogP contribution in [0.3, 0.4) is 0 Å². The van der Waals surface area contributed by atoms with Crippen molar-refractivity contribution in [3.63, 3.8) is 0 Å². The van der Waals surface area contributed by atoms with Crippen LogP contribution in [0.2, 0.25) is 4.34 Å². The summed E-state index contributed by atoms with van der Waals surface area (Å²) in [6.07, 6.45) is 0.843. The standard InChI is InChI=1S/C16H13ClN6O5S3/c17-12-9(21-16(18)31-12)10(22-28)13(24)20-8-5-1-2-6(30-7-3-29-4-19-7)11(15(26)27)23(5)14(8)25/h3-5,8,28H,1-2H2,(H2,18,21)(H,20,24)(H,26,27)/t5-,8+/m1/s1. The maximum atomic E-state index is 12.7. The number of oxime groups is 1. The van der Waals surface area contributed by atoms with Gasteiger partial charge in [0, 0.05) is 10.3 Å². The van der Waals surface area contributed by atoms with E-state index >= 15 is 0 Å². The molecular weight excluding hydrogens is 488 g/mol. The summed E-state index contributed by atoms with van der Waals surface area (Å²) in [7, 11) is 0. The quantitative estimate of drug-likeness (QED) is 0.199. The van der Waals surface area contributed by atoms with E-state index in [4.69, 9.17) is 17.3 Å². The van der Waals surface area contributed by atoms with Crippen molar-refractivity contribution in [3.05, 3.63) is 31.5 Å². The van der Waals surface area contributed by atoms with Gasteiger partial charge in [0.05, 0.1) is 11.6 Å². The number of carbonyl (C=O) groups is 3. The molecule has 4 rings (SSSR count). The number of nitrogens with zero attached hydrogens (tertiary/aromatic N) is 4. The highest BCUT2D eigenvalue weighted by molar-refractivity contribution is 8.03. The molecule has 11 nitrogen and oxygen atoms in total. The van der Waals surface area contributed by atoms with E-state index in [1.807, 2.05) is 0 Å². The number of halogens is 1. The van der Waals surface area contributed by atoms with Crippen LogP contribution in [0, 0.1) is 0 Å². The fourth-order valence-electron chi connectivity index (χ4n) is 3.38. The smallest absolute Gasteiger partial charge is 0.353 e. The van der Waals surface area contributed by atoms with Crippen molar-refractivity contribution in [3.8, 4) is 0 Å². The predicted molar refractivity (Wildman–Crippen MR) is 114 cm³/mol. The molecule has 0 spiro atoms. The summed E-state index contributed by atoms with van der Waals surface area (Å²) in [6.45, 7) is 0. The van der Waals surface area contributed by atoms with Crippen LogP contribution < -0.4 is 11.1 Å². The van der Waals surface area contributed by atoms with Gasteiger partial charge >= 0.3 is 5.97 Å².